The van der Waals surface area contributed by atoms with Gasteiger partial charge >= 0.3 is 5.69 Å². The second-order valence-corrected chi connectivity index (χ2v) is 5.70. The van der Waals surface area contributed by atoms with Crippen LogP contribution in [0.3, 0.4) is 0 Å². The van der Waals surface area contributed by atoms with Gasteiger partial charge in [-0.3, -0.25) is 14.8 Å². The van der Waals surface area contributed by atoms with E-state index >= 15 is 0 Å². The van der Waals surface area contributed by atoms with Crippen molar-refractivity contribution in [3.05, 3.63) is 64.0 Å². The molecule has 0 aliphatic rings. The maximum Gasteiger partial charge on any atom is 0.306 e. The fraction of sp³-hybridized carbons (Fsp3) is 0. The first-order valence-electron chi connectivity index (χ1n) is 5.63. The first-order valence-corrected chi connectivity index (χ1v) is 7.11. The Morgan fingerprint density at radius 3 is 2.14 bits per heavy atom. The molecule has 0 fully saturated rings. The summed E-state index contributed by atoms with van der Waals surface area (Å²) in [5.41, 5.74) is -1.38. The second-order valence-electron chi connectivity index (χ2n) is 4.08. The maximum atomic E-state index is 13.5. The van der Waals surface area contributed by atoms with Crippen molar-refractivity contribution in [2.45, 2.75) is 4.90 Å². The lowest BCUT2D eigenvalue weighted by atomic mass is 10.3. The standard InChI is InChI=1S/C12H7F3N2O4S/c13-8-5-4-7(6-11(8)17(18)19)16-22(20,21)12-9(14)2-1-3-10(12)15/h1-6,16H. The van der Waals surface area contributed by atoms with Crippen LogP contribution in [0.1, 0.15) is 0 Å². The van der Waals surface area contributed by atoms with Crippen LogP contribution in [-0.2, 0) is 10.0 Å². The number of nitrogens with zero attached hydrogens (tertiary/aromatic N) is 1. The summed E-state index contributed by atoms with van der Waals surface area (Å²) >= 11 is 0. The van der Waals surface area contributed by atoms with Crippen molar-refractivity contribution < 1.29 is 26.5 Å². The highest BCUT2D eigenvalue weighted by Crippen LogP contribution is 2.25. The third-order valence-electron chi connectivity index (χ3n) is 2.58. The fourth-order valence-electron chi connectivity index (χ4n) is 1.66. The average molecular weight is 332 g/mol. The zero-order valence-electron chi connectivity index (χ0n) is 10.6. The van der Waals surface area contributed by atoms with E-state index in [-0.39, 0.29) is 0 Å². The van der Waals surface area contributed by atoms with Crippen LogP contribution in [0.4, 0.5) is 24.5 Å². The zero-order chi connectivity index (χ0) is 16.5. The van der Waals surface area contributed by atoms with E-state index in [0.717, 1.165) is 24.3 Å². The topological polar surface area (TPSA) is 89.3 Å². The Kier molecular flexibility index (Phi) is 4.04. The van der Waals surface area contributed by atoms with Gasteiger partial charge in [-0.15, -0.1) is 0 Å². The number of hydrogen-bond donors (Lipinski definition) is 1. The van der Waals surface area contributed by atoms with Gasteiger partial charge in [-0.05, 0) is 24.3 Å². The molecule has 0 unspecified atom stereocenters. The number of benzene rings is 2. The molecule has 0 bridgehead atoms. The minimum atomic E-state index is -4.68. The number of sulfonamides is 1. The van der Waals surface area contributed by atoms with E-state index in [1.807, 2.05) is 0 Å². The molecular weight excluding hydrogens is 325 g/mol. The third kappa shape index (κ3) is 3.01. The molecule has 1 N–H and O–H groups in total. The van der Waals surface area contributed by atoms with Crippen LogP contribution in [0.25, 0.3) is 0 Å². The third-order valence-corrected chi connectivity index (χ3v) is 4.01. The van der Waals surface area contributed by atoms with E-state index in [0.29, 0.717) is 12.1 Å². The monoisotopic (exact) mass is 332 g/mol. The van der Waals surface area contributed by atoms with Crippen molar-refractivity contribution in [3.8, 4) is 0 Å². The van der Waals surface area contributed by atoms with Crippen molar-refractivity contribution in [2.24, 2.45) is 0 Å². The lowest BCUT2D eigenvalue weighted by Crippen LogP contribution is -2.16. The van der Waals surface area contributed by atoms with Gasteiger partial charge in [0.2, 0.25) is 5.82 Å². The summed E-state index contributed by atoms with van der Waals surface area (Å²) in [7, 11) is -4.68. The van der Waals surface area contributed by atoms with Gasteiger partial charge in [0.15, 0.2) is 4.90 Å². The van der Waals surface area contributed by atoms with Gasteiger partial charge in [0.1, 0.15) is 11.6 Å². The van der Waals surface area contributed by atoms with Crippen LogP contribution in [0.5, 0.6) is 0 Å². The van der Waals surface area contributed by atoms with Gasteiger partial charge < -0.3 is 0 Å². The summed E-state index contributed by atoms with van der Waals surface area (Å²) in [4.78, 5) is 8.29. The molecule has 0 saturated carbocycles. The van der Waals surface area contributed by atoms with Crippen LogP contribution in [0.15, 0.2) is 41.3 Å². The van der Waals surface area contributed by atoms with Crippen molar-refractivity contribution in [3.63, 3.8) is 0 Å². The molecule has 0 atom stereocenters. The Morgan fingerprint density at radius 1 is 1.00 bits per heavy atom. The van der Waals surface area contributed by atoms with E-state index in [1.165, 1.54) is 0 Å². The molecule has 116 valence electrons. The summed E-state index contributed by atoms with van der Waals surface area (Å²) in [6.45, 7) is 0. The highest BCUT2D eigenvalue weighted by atomic mass is 32.2. The second kappa shape index (κ2) is 5.64. The molecule has 0 radical (unpaired) electrons. The van der Waals surface area contributed by atoms with E-state index in [1.54, 1.807) is 4.72 Å². The molecule has 0 saturated heterocycles. The summed E-state index contributed by atoms with van der Waals surface area (Å²) in [6, 6.07) is 4.61. The van der Waals surface area contributed by atoms with Gasteiger partial charge in [0.25, 0.3) is 10.0 Å². The average Bonchev–Trinajstić information content (AvgIpc) is 2.39. The molecule has 10 heteroatoms. The van der Waals surface area contributed by atoms with Crippen LogP contribution in [-0.4, -0.2) is 13.3 Å². The number of hydrogen-bond acceptors (Lipinski definition) is 4. The first kappa shape index (κ1) is 15.8. The van der Waals surface area contributed by atoms with Gasteiger partial charge in [-0.25, -0.2) is 17.2 Å². The molecule has 2 rings (SSSR count). The minimum Gasteiger partial charge on any atom is -0.279 e. The molecule has 0 spiro atoms. The lowest BCUT2D eigenvalue weighted by molar-refractivity contribution is -0.387. The quantitative estimate of drug-likeness (QED) is 0.689. The number of rotatable bonds is 4. The Morgan fingerprint density at radius 2 is 1.59 bits per heavy atom. The SMILES string of the molecule is O=[N+]([O-])c1cc(NS(=O)(=O)c2c(F)cccc2F)ccc1F. The molecule has 2 aromatic carbocycles. The van der Waals surface area contributed by atoms with E-state index < -0.39 is 48.7 Å². The van der Waals surface area contributed by atoms with E-state index in [2.05, 4.69) is 0 Å². The summed E-state index contributed by atoms with van der Waals surface area (Å²) in [5, 5.41) is 10.6. The smallest absolute Gasteiger partial charge is 0.279 e. The predicted octanol–water partition coefficient (Wildman–Crippen LogP) is 2.81. The van der Waals surface area contributed by atoms with Crippen LogP contribution in [0.2, 0.25) is 0 Å². The molecular formula is C12H7F3N2O4S. The molecule has 2 aromatic rings. The largest absolute Gasteiger partial charge is 0.306 e. The van der Waals surface area contributed by atoms with Crippen molar-refractivity contribution in [2.75, 3.05) is 4.72 Å². The highest BCUT2D eigenvalue weighted by molar-refractivity contribution is 7.92. The first-order chi connectivity index (χ1) is 10.2. The van der Waals surface area contributed by atoms with Crippen LogP contribution < -0.4 is 4.72 Å². The number of nitrogens with one attached hydrogen (secondary N) is 1. The lowest BCUT2D eigenvalue weighted by Gasteiger charge is -2.09. The summed E-state index contributed by atoms with van der Waals surface area (Å²) in [6.07, 6.45) is 0. The number of halogens is 3. The highest BCUT2D eigenvalue weighted by Gasteiger charge is 2.25. The number of nitro benzene ring substituents is 1. The molecule has 22 heavy (non-hydrogen) atoms. The van der Waals surface area contributed by atoms with E-state index in [9.17, 15) is 31.7 Å². The molecule has 0 aromatic heterocycles. The Labute approximate surface area is 122 Å². The summed E-state index contributed by atoms with van der Waals surface area (Å²) in [5.74, 6) is -3.83. The Hall–Kier alpha value is -2.62. The van der Waals surface area contributed by atoms with Crippen molar-refractivity contribution in [1.82, 2.24) is 0 Å². The van der Waals surface area contributed by atoms with Gasteiger partial charge in [-0.1, -0.05) is 6.07 Å². The van der Waals surface area contributed by atoms with Gasteiger partial charge in [0.05, 0.1) is 10.6 Å². The zero-order valence-corrected chi connectivity index (χ0v) is 11.4. The van der Waals surface area contributed by atoms with Crippen molar-refractivity contribution in [1.29, 1.82) is 0 Å². The van der Waals surface area contributed by atoms with Gasteiger partial charge in [0, 0.05) is 6.07 Å². The van der Waals surface area contributed by atoms with Crippen LogP contribution >= 0.6 is 0 Å². The molecule has 0 aliphatic carbocycles. The normalized spacial score (nSPS) is 11.2. The number of nitro groups is 1. The maximum absolute atomic E-state index is 13.5. The molecule has 0 aliphatic heterocycles. The van der Waals surface area contributed by atoms with E-state index in [4.69, 9.17) is 0 Å². The number of anilines is 1. The Bertz CT molecular complexity index is 835. The predicted molar refractivity (Wildman–Crippen MR) is 70.2 cm³/mol. The molecule has 6 nitrogen and oxygen atoms in total. The Balaban J connectivity index is 2.46. The fourth-order valence-corrected chi connectivity index (χ4v) is 2.85. The minimum absolute atomic E-state index is 0.407. The summed E-state index contributed by atoms with van der Waals surface area (Å²) < 4.78 is 65.8. The molecule has 0 heterocycles. The van der Waals surface area contributed by atoms with Gasteiger partial charge in [-0.2, -0.15) is 4.39 Å². The van der Waals surface area contributed by atoms with Crippen LogP contribution in [0, 0.1) is 27.6 Å². The van der Waals surface area contributed by atoms with Crippen molar-refractivity contribution >= 4 is 21.4 Å². The molecule has 0 amide bonds.